The Labute approximate surface area is 254 Å². The van der Waals surface area contributed by atoms with Gasteiger partial charge in [-0.2, -0.15) is 4.31 Å². The lowest BCUT2D eigenvalue weighted by Gasteiger charge is -2.31. The highest BCUT2D eigenvalue weighted by Gasteiger charge is 2.40. The van der Waals surface area contributed by atoms with Crippen LogP contribution in [-0.4, -0.2) is 99.0 Å². The molecular weight excluding hydrogens is 572 g/mol. The van der Waals surface area contributed by atoms with Crippen molar-refractivity contribution in [3.05, 3.63) is 59.7 Å². The van der Waals surface area contributed by atoms with Crippen molar-refractivity contribution in [2.45, 2.75) is 62.9 Å². The van der Waals surface area contributed by atoms with E-state index in [1.165, 1.54) is 16.4 Å². The molecule has 0 radical (unpaired) electrons. The van der Waals surface area contributed by atoms with Gasteiger partial charge in [0, 0.05) is 39.1 Å². The number of ether oxygens (including phenoxy) is 2. The third-order valence-electron chi connectivity index (χ3n) is 7.81. The normalized spacial score (nSPS) is 18.7. The number of benzene rings is 2. The molecular formula is C31H42N4O7S. The smallest absolute Gasteiger partial charge is 0.415 e. The summed E-state index contributed by atoms with van der Waals surface area (Å²) in [4.78, 5) is 43.0. The molecule has 1 N–H and O–H groups in total. The number of nitrogens with zero attached hydrogens (tertiary/aromatic N) is 3. The van der Waals surface area contributed by atoms with Crippen LogP contribution in [0.3, 0.4) is 0 Å². The van der Waals surface area contributed by atoms with E-state index in [1.54, 1.807) is 41.3 Å². The van der Waals surface area contributed by atoms with E-state index in [1.807, 2.05) is 20.9 Å². The topological polar surface area (TPSA) is 126 Å². The Hall–Kier alpha value is -3.48. The fraction of sp³-hybridized carbons (Fsp3) is 0.516. The van der Waals surface area contributed by atoms with E-state index in [2.05, 4.69) is 10.2 Å². The van der Waals surface area contributed by atoms with Gasteiger partial charge in [-0.1, -0.05) is 43.2 Å². The Morgan fingerprint density at radius 2 is 1.65 bits per heavy atom. The maximum absolute atomic E-state index is 13.5. The van der Waals surface area contributed by atoms with Gasteiger partial charge >= 0.3 is 12.1 Å². The largest absolute Gasteiger partial charge is 0.464 e. The second-order valence-corrected chi connectivity index (χ2v) is 13.1. The minimum absolute atomic E-state index is 0.126. The molecule has 2 aromatic rings. The molecule has 2 saturated heterocycles. The quantitative estimate of drug-likeness (QED) is 0.303. The SMILES string of the molecule is CCCCOC(=O)[C@H](Cc1ccc(OC(=O)N2CCN(C)CC2)cc1)NC(=O)[C@@H]1CCCN1S(=O)(=O)c1ccc(C)cc1. The number of amides is 2. The molecule has 2 aromatic carbocycles. The van der Waals surface area contributed by atoms with Gasteiger partial charge in [0.1, 0.15) is 17.8 Å². The van der Waals surface area contributed by atoms with Crippen molar-refractivity contribution < 1.29 is 32.3 Å². The van der Waals surface area contributed by atoms with Crippen LogP contribution in [0.4, 0.5) is 4.79 Å². The van der Waals surface area contributed by atoms with E-state index in [0.717, 1.165) is 25.1 Å². The molecule has 2 atom stereocenters. The summed E-state index contributed by atoms with van der Waals surface area (Å²) in [5.41, 5.74) is 1.65. The number of likely N-dealkylation sites (N-methyl/N-ethyl adjacent to an activating group) is 1. The minimum Gasteiger partial charge on any atom is -0.464 e. The van der Waals surface area contributed by atoms with E-state index in [4.69, 9.17) is 9.47 Å². The van der Waals surface area contributed by atoms with Crippen LogP contribution in [0, 0.1) is 6.92 Å². The monoisotopic (exact) mass is 614 g/mol. The van der Waals surface area contributed by atoms with Crippen molar-refractivity contribution >= 4 is 28.0 Å². The number of esters is 1. The Balaban J connectivity index is 1.43. The van der Waals surface area contributed by atoms with Gasteiger partial charge in [-0.15, -0.1) is 0 Å². The number of hydrogen-bond acceptors (Lipinski definition) is 8. The Bertz CT molecular complexity index is 1360. The number of piperazine rings is 1. The van der Waals surface area contributed by atoms with E-state index in [9.17, 15) is 22.8 Å². The van der Waals surface area contributed by atoms with Crippen molar-refractivity contribution in [3.8, 4) is 5.75 Å². The molecule has 234 valence electrons. The third-order valence-corrected chi connectivity index (χ3v) is 9.73. The summed E-state index contributed by atoms with van der Waals surface area (Å²) >= 11 is 0. The van der Waals surface area contributed by atoms with Crippen LogP contribution >= 0.6 is 0 Å². The van der Waals surface area contributed by atoms with Crippen molar-refractivity contribution in [1.82, 2.24) is 19.4 Å². The van der Waals surface area contributed by atoms with Crippen LogP contribution in [0.1, 0.15) is 43.7 Å². The highest BCUT2D eigenvalue weighted by molar-refractivity contribution is 7.89. The summed E-state index contributed by atoms with van der Waals surface area (Å²) in [6.07, 6.45) is 2.12. The van der Waals surface area contributed by atoms with Crippen LogP contribution in [0.15, 0.2) is 53.4 Å². The number of sulfonamides is 1. The number of nitrogens with one attached hydrogen (secondary N) is 1. The number of carbonyl (C=O) groups excluding carboxylic acids is 3. The van der Waals surface area contributed by atoms with E-state index in [-0.39, 0.29) is 24.5 Å². The molecule has 2 aliphatic heterocycles. The van der Waals surface area contributed by atoms with Crippen molar-refractivity contribution in [2.75, 3.05) is 46.4 Å². The molecule has 43 heavy (non-hydrogen) atoms. The van der Waals surface area contributed by atoms with Crippen LogP contribution in [0.5, 0.6) is 5.75 Å². The molecule has 11 nitrogen and oxygen atoms in total. The van der Waals surface area contributed by atoms with Crippen molar-refractivity contribution in [2.24, 2.45) is 0 Å². The second kappa shape index (κ2) is 14.8. The standard InChI is InChI=1S/C31H42N4O7S/c1-4-5-21-41-30(37)27(22-24-10-12-25(13-11-24)42-31(38)34-19-17-33(3)18-20-34)32-29(36)28-7-6-16-35(28)43(39,40)26-14-8-23(2)9-15-26/h8-15,27-28H,4-7,16-22H2,1-3H3,(H,32,36)/t27-,28-/m0/s1. The number of aryl methyl sites for hydroxylation is 1. The molecule has 0 aliphatic carbocycles. The maximum atomic E-state index is 13.5. The first-order valence-corrected chi connectivity index (χ1v) is 16.3. The molecule has 0 spiro atoms. The molecule has 4 rings (SSSR count). The number of unbranched alkanes of at least 4 members (excludes halogenated alkanes) is 1. The summed E-state index contributed by atoms with van der Waals surface area (Å²) in [5, 5.41) is 2.77. The highest BCUT2D eigenvalue weighted by atomic mass is 32.2. The fourth-order valence-corrected chi connectivity index (χ4v) is 6.75. The Morgan fingerprint density at radius 3 is 2.30 bits per heavy atom. The number of rotatable bonds is 11. The molecule has 0 saturated carbocycles. The molecule has 2 amide bonds. The maximum Gasteiger partial charge on any atom is 0.415 e. The molecule has 12 heteroatoms. The van der Waals surface area contributed by atoms with E-state index < -0.39 is 40.1 Å². The van der Waals surface area contributed by atoms with Gasteiger partial charge in [0.25, 0.3) is 0 Å². The van der Waals surface area contributed by atoms with Gasteiger partial charge in [0.2, 0.25) is 15.9 Å². The number of carbonyl (C=O) groups is 3. The van der Waals surface area contributed by atoms with Gasteiger partial charge in [0.15, 0.2) is 0 Å². The lowest BCUT2D eigenvalue weighted by molar-refractivity contribution is -0.148. The van der Waals surface area contributed by atoms with Gasteiger partial charge in [-0.05, 0) is 63.1 Å². The van der Waals surface area contributed by atoms with Gasteiger partial charge < -0.3 is 24.6 Å². The lowest BCUT2D eigenvalue weighted by Crippen LogP contribution is -2.51. The summed E-state index contributed by atoms with van der Waals surface area (Å²) in [6, 6.07) is 11.3. The molecule has 2 fully saturated rings. The van der Waals surface area contributed by atoms with Crippen molar-refractivity contribution in [1.29, 1.82) is 0 Å². The minimum atomic E-state index is -3.90. The first-order valence-electron chi connectivity index (χ1n) is 14.9. The molecule has 2 aliphatic rings. The zero-order chi connectivity index (χ0) is 31.0. The molecule has 0 unspecified atom stereocenters. The Kier molecular flexibility index (Phi) is 11.2. The van der Waals surface area contributed by atoms with Crippen LogP contribution in [0.25, 0.3) is 0 Å². The second-order valence-electron chi connectivity index (χ2n) is 11.2. The molecule has 0 bridgehead atoms. The highest BCUT2D eigenvalue weighted by Crippen LogP contribution is 2.27. The predicted molar refractivity (Wildman–Crippen MR) is 161 cm³/mol. The van der Waals surface area contributed by atoms with Crippen LogP contribution in [-0.2, 0) is 30.8 Å². The third kappa shape index (κ3) is 8.55. The van der Waals surface area contributed by atoms with Crippen LogP contribution in [0.2, 0.25) is 0 Å². The van der Waals surface area contributed by atoms with E-state index in [0.29, 0.717) is 43.7 Å². The summed E-state index contributed by atoms with van der Waals surface area (Å²) in [5.74, 6) is -0.747. The number of hydrogen-bond donors (Lipinski definition) is 1. The predicted octanol–water partition coefficient (Wildman–Crippen LogP) is 2.97. The average molecular weight is 615 g/mol. The molecule has 2 heterocycles. The summed E-state index contributed by atoms with van der Waals surface area (Å²) in [7, 11) is -1.89. The van der Waals surface area contributed by atoms with Gasteiger partial charge in [0.05, 0.1) is 11.5 Å². The Morgan fingerprint density at radius 1 is 0.977 bits per heavy atom. The van der Waals surface area contributed by atoms with E-state index >= 15 is 0 Å². The van der Waals surface area contributed by atoms with Gasteiger partial charge in [-0.3, -0.25) is 4.79 Å². The summed E-state index contributed by atoms with van der Waals surface area (Å²) < 4.78 is 39.0. The van der Waals surface area contributed by atoms with Crippen LogP contribution < -0.4 is 10.1 Å². The fourth-order valence-electron chi connectivity index (χ4n) is 5.10. The lowest BCUT2D eigenvalue weighted by atomic mass is 10.0. The average Bonchev–Trinajstić information content (AvgIpc) is 3.50. The zero-order valence-corrected chi connectivity index (χ0v) is 26.0. The first kappa shape index (κ1) is 32.4. The molecule has 0 aromatic heterocycles. The zero-order valence-electron chi connectivity index (χ0n) is 25.2. The van der Waals surface area contributed by atoms with Crippen molar-refractivity contribution in [3.63, 3.8) is 0 Å². The first-order chi connectivity index (χ1) is 20.6. The van der Waals surface area contributed by atoms with Gasteiger partial charge in [-0.25, -0.2) is 18.0 Å². The summed E-state index contributed by atoms with van der Waals surface area (Å²) in [6.45, 7) is 7.05.